The van der Waals surface area contributed by atoms with Crippen LogP contribution in [0, 0.1) is 5.92 Å². The van der Waals surface area contributed by atoms with Crippen LogP contribution in [-0.2, 0) is 10.2 Å². The molecule has 1 unspecified atom stereocenters. The Kier molecular flexibility index (Phi) is 5.66. The molecule has 17 heavy (non-hydrogen) atoms. The van der Waals surface area contributed by atoms with Crippen LogP contribution in [0.5, 0.6) is 0 Å². The molecular formula is C10H22ClN3O2S. The van der Waals surface area contributed by atoms with Gasteiger partial charge in [-0.25, -0.2) is 0 Å². The first-order chi connectivity index (χ1) is 7.64. The quantitative estimate of drug-likeness (QED) is 0.807. The van der Waals surface area contributed by atoms with Crippen molar-refractivity contribution >= 4 is 22.6 Å². The van der Waals surface area contributed by atoms with E-state index in [2.05, 4.69) is 5.32 Å². The molecule has 2 aliphatic heterocycles. The van der Waals surface area contributed by atoms with Crippen LogP contribution in [0.3, 0.4) is 0 Å². The highest BCUT2D eigenvalue weighted by Gasteiger charge is 2.36. The number of halogens is 1. The maximum Gasteiger partial charge on any atom is 0.281 e. The maximum absolute atomic E-state index is 12.2. The van der Waals surface area contributed by atoms with Crippen molar-refractivity contribution in [2.45, 2.75) is 19.3 Å². The van der Waals surface area contributed by atoms with Crippen LogP contribution in [-0.4, -0.2) is 56.8 Å². The molecular weight excluding hydrogens is 262 g/mol. The molecule has 0 spiro atoms. The molecule has 0 aromatic heterocycles. The van der Waals surface area contributed by atoms with Crippen molar-refractivity contribution < 1.29 is 8.42 Å². The van der Waals surface area contributed by atoms with Gasteiger partial charge in [0.05, 0.1) is 0 Å². The lowest BCUT2D eigenvalue weighted by molar-refractivity contribution is 0.388. The van der Waals surface area contributed by atoms with Gasteiger partial charge in [0.2, 0.25) is 0 Å². The van der Waals surface area contributed by atoms with Crippen LogP contribution in [0.2, 0.25) is 0 Å². The largest absolute Gasteiger partial charge is 0.319 e. The molecule has 2 saturated heterocycles. The van der Waals surface area contributed by atoms with E-state index in [4.69, 9.17) is 0 Å². The van der Waals surface area contributed by atoms with Gasteiger partial charge in [-0.3, -0.25) is 0 Å². The van der Waals surface area contributed by atoms with E-state index in [0.29, 0.717) is 32.1 Å². The van der Waals surface area contributed by atoms with Crippen molar-refractivity contribution in [3.05, 3.63) is 0 Å². The Bertz CT molecular complexity index is 330. The highest BCUT2D eigenvalue weighted by molar-refractivity contribution is 7.86. The molecule has 0 aromatic rings. The minimum Gasteiger partial charge on any atom is -0.319 e. The van der Waals surface area contributed by atoms with Crippen LogP contribution >= 0.6 is 12.4 Å². The number of hydrogen-bond donors (Lipinski definition) is 1. The van der Waals surface area contributed by atoms with E-state index < -0.39 is 10.2 Å². The second-order valence-corrected chi connectivity index (χ2v) is 6.61. The summed E-state index contributed by atoms with van der Waals surface area (Å²) in [6.45, 7) is 3.68. The summed E-state index contributed by atoms with van der Waals surface area (Å²) in [5, 5.41) is 3.12. The van der Waals surface area contributed by atoms with Crippen molar-refractivity contribution in [2.75, 3.05) is 39.8 Å². The topological polar surface area (TPSA) is 52.7 Å². The summed E-state index contributed by atoms with van der Waals surface area (Å²) < 4.78 is 27.7. The molecule has 2 fully saturated rings. The maximum atomic E-state index is 12.2. The summed E-state index contributed by atoms with van der Waals surface area (Å²) >= 11 is 0. The van der Waals surface area contributed by atoms with Crippen molar-refractivity contribution in [2.24, 2.45) is 5.92 Å². The third kappa shape index (κ3) is 3.32. The molecule has 2 aliphatic rings. The van der Waals surface area contributed by atoms with Gasteiger partial charge in [0.1, 0.15) is 0 Å². The molecule has 0 aromatic carbocycles. The average molecular weight is 284 g/mol. The van der Waals surface area contributed by atoms with Crippen molar-refractivity contribution in [1.29, 1.82) is 0 Å². The normalized spacial score (nSPS) is 27.2. The lowest BCUT2D eigenvalue weighted by Crippen LogP contribution is -2.41. The van der Waals surface area contributed by atoms with E-state index in [0.717, 1.165) is 25.8 Å². The second-order valence-electron chi connectivity index (χ2n) is 4.68. The smallest absolute Gasteiger partial charge is 0.281 e. The highest BCUT2D eigenvalue weighted by atomic mass is 35.5. The predicted molar refractivity (Wildman–Crippen MR) is 70.6 cm³/mol. The van der Waals surface area contributed by atoms with Crippen LogP contribution in [0.4, 0.5) is 0 Å². The van der Waals surface area contributed by atoms with Crippen molar-refractivity contribution in [1.82, 2.24) is 13.9 Å². The van der Waals surface area contributed by atoms with Crippen LogP contribution in [0.15, 0.2) is 0 Å². The zero-order valence-electron chi connectivity index (χ0n) is 10.3. The molecule has 0 bridgehead atoms. The van der Waals surface area contributed by atoms with E-state index in [1.165, 1.54) is 0 Å². The van der Waals surface area contributed by atoms with E-state index >= 15 is 0 Å². The standard InChI is InChI=1S/C10H21N3O2S.ClH/c1-11-8-10-4-7-13(9-10)16(14,15)12-5-2-3-6-12;/h10-11H,2-9H2,1H3;1H. The summed E-state index contributed by atoms with van der Waals surface area (Å²) in [7, 11) is -1.24. The molecule has 2 rings (SSSR count). The highest BCUT2D eigenvalue weighted by Crippen LogP contribution is 2.23. The lowest BCUT2D eigenvalue weighted by Gasteiger charge is -2.23. The third-order valence-corrected chi connectivity index (χ3v) is 5.46. The second kappa shape index (κ2) is 6.33. The van der Waals surface area contributed by atoms with Crippen molar-refractivity contribution in [3.8, 4) is 0 Å². The van der Waals surface area contributed by atoms with Gasteiger partial charge in [-0.15, -0.1) is 12.4 Å². The van der Waals surface area contributed by atoms with Gasteiger partial charge in [-0.1, -0.05) is 0 Å². The van der Waals surface area contributed by atoms with Crippen LogP contribution < -0.4 is 5.32 Å². The minimum atomic E-state index is -3.15. The Hall–Kier alpha value is 0.120. The Labute approximate surface area is 110 Å². The zero-order chi connectivity index (χ0) is 11.6. The molecule has 0 aliphatic carbocycles. The van der Waals surface area contributed by atoms with Gasteiger partial charge in [-0.05, 0) is 38.8 Å². The Morgan fingerprint density at radius 3 is 2.41 bits per heavy atom. The molecule has 0 radical (unpaired) electrons. The van der Waals surface area contributed by atoms with Gasteiger partial charge >= 0.3 is 0 Å². The van der Waals surface area contributed by atoms with Crippen LogP contribution in [0.25, 0.3) is 0 Å². The fourth-order valence-corrected chi connectivity index (χ4v) is 4.33. The first-order valence-electron chi connectivity index (χ1n) is 6.04. The van der Waals surface area contributed by atoms with Gasteiger partial charge in [0, 0.05) is 26.2 Å². The predicted octanol–water partition coefficient (Wildman–Crippen LogP) is 0.290. The third-order valence-electron chi connectivity index (χ3n) is 3.46. The molecule has 5 nitrogen and oxygen atoms in total. The van der Waals surface area contributed by atoms with Gasteiger partial charge < -0.3 is 5.32 Å². The Morgan fingerprint density at radius 1 is 1.18 bits per heavy atom. The number of rotatable bonds is 4. The first kappa shape index (κ1) is 15.2. The molecule has 0 amide bonds. The molecule has 1 N–H and O–H groups in total. The van der Waals surface area contributed by atoms with E-state index in [9.17, 15) is 8.42 Å². The van der Waals surface area contributed by atoms with E-state index in [1.807, 2.05) is 7.05 Å². The lowest BCUT2D eigenvalue weighted by atomic mass is 10.1. The molecule has 7 heteroatoms. The molecule has 2 heterocycles. The monoisotopic (exact) mass is 283 g/mol. The van der Waals surface area contributed by atoms with Crippen molar-refractivity contribution in [3.63, 3.8) is 0 Å². The average Bonchev–Trinajstić information content (AvgIpc) is 2.88. The fourth-order valence-electron chi connectivity index (χ4n) is 2.54. The Balaban J connectivity index is 0.00000144. The summed E-state index contributed by atoms with van der Waals surface area (Å²) in [5.41, 5.74) is 0. The summed E-state index contributed by atoms with van der Waals surface area (Å²) in [6.07, 6.45) is 2.99. The fraction of sp³-hybridized carbons (Fsp3) is 1.00. The first-order valence-corrected chi connectivity index (χ1v) is 7.44. The van der Waals surface area contributed by atoms with Gasteiger partial charge in [-0.2, -0.15) is 17.0 Å². The molecule has 0 saturated carbocycles. The van der Waals surface area contributed by atoms with E-state index in [-0.39, 0.29) is 12.4 Å². The Morgan fingerprint density at radius 2 is 1.82 bits per heavy atom. The van der Waals surface area contributed by atoms with Gasteiger partial charge in [0.25, 0.3) is 10.2 Å². The zero-order valence-corrected chi connectivity index (χ0v) is 11.9. The van der Waals surface area contributed by atoms with E-state index in [1.54, 1.807) is 8.61 Å². The SMILES string of the molecule is CNCC1CCN(S(=O)(=O)N2CCCC2)C1.Cl. The molecule has 102 valence electrons. The summed E-state index contributed by atoms with van der Waals surface area (Å²) in [4.78, 5) is 0. The molecule has 1 atom stereocenters. The summed E-state index contributed by atoms with van der Waals surface area (Å²) in [6, 6.07) is 0. The number of hydrogen-bond acceptors (Lipinski definition) is 3. The number of nitrogens with one attached hydrogen (secondary N) is 1. The van der Waals surface area contributed by atoms with Gasteiger partial charge in [0.15, 0.2) is 0 Å². The minimum absolute atomic E-state index is 0. The van der Waals surface area contributed by atoms with Crippen LogP contribution in [0.1, 0.15) is 19.3 Å². The summed E-state index contributed by atoms with van der Waals surface area (Å²) in [5.74, 6) is 0.474. The number of nitrogens with zero attached hydrogens (tertiary/aromatic N) is 2.